The number of piperidine rings is 1. The zero-order chi connectivity index (χ0) is 14.9. The van der Waals surface area contributed by atoms with Crippen molar-refractivity contribution in [2.75, 3.05) is 34.9 Å². The lowest BCUT2D eigenvalue weighted by molar-refractivity contribution is 0.508. The first-order chi connectivity index (χ1) is 10.1. The van der Waals surface area contributed by atoms with Gasteiger partial charge in [0.2, 0.25) is 17.8 Å². The third-order valence-corrected chi connectivity index (χ3v) is 4.52. The van der Waals surface area contributed by atoms with Gasteiger partial charge < -0.3 is 9.80 Å². The van der Waals surface area contributed by atoms with Gasteiger partial charge in [-0.3, -0.25) is 5.43 Å². The summed E-state index contributed by atoms with van der Waals surface area (Å²) in [4.78, 5) is 18.1. The summed E-state index contributed by atoms with van der Waals surface area (Å²) >= 11 is 0. The number of nitrogen functional groups attached to an aromatic ring is 1. The van der Waals surface area contributed by atoms with E-state index in [-0.39, 0.29) is 5.54 Å². The summed E-state index contributed by atoms with van der Waals surface area (Å²) in [6.45, 7) is 7.48. The van der Waals surface area contributed by atoms with Crippen molar-refractivity contribution in [3.63, 3.8) is 0 Å². The Bertz CT molecular complexity index is 496. The molecule has 3 rings (SSSR count). The fraction of sp³-hybridized carbons (Fsp3) is 0.786. The van der Waals surface area contributed by atoms with Crippen LogP contribution in [0.4, 0.5) is 17.8 Å². The first kappa shape index (κ1) is 14.3. The summed E-state index contributed by atoms with van der Waals surface area (Å²) in [6, 6.07) is 0. The van der Waals surface area contributed by atoms with Crippen molar-refractivity contribution in [3.05, 3.63) is 0 Å². The average molecular weight is 291 g/mol. The fourth-order valence-electron chi connectivity index (χ4n) is 3.25. The lowest BCUT2D eigenvalue weighted by Crippen LogP contribution is -2.40. The molecule has 3 heterocycles. The van der Waals surface area contributed by atoms with Gasteiger partial charge in [-0.15, -0.1) is 0 Å². The molecule has 0 aliphatic carbocycles. The maximum atomic E-state index is 5.54. The molecule has 1 aromatic rings. The molecule has 7 nitrogen and oxygen atoms in total. The molecule has 2 aliphatic rings. The molecule has 1 aromatic heterocycles. The van der Waals surface area contributed by atoms with Gasteiger partial charge in [0.1, 0.15) is 0 Å². The van der Waals surface area contributed by atoms with Crippen LogP contribution in [0, 0.1) is 0 Å². The van der Waals surface area contributed by atoms with Gasteiger partial charge in [-0.1, -0.05) is 0 Å². The number of nitrogens with zero attached hydrogens (tertiary/aromatic N) is 5. The molecule has 0 bridgehead atoms. The van der Waals surface area contributed by atoms with E-state index in [1.807, 2.05) is 0 Å². The number of hydrogen-bond donors (Lipinski definition) is 2. The van der Waals surface area contributed by atoms with Crippen molar-refractivity contribution in [2.24, 2.45) is 5.84 Å². The highest BCUT2D eigenvalue weighted by atomic mass is 15.4. The van der Waals surface area contributed by atoms with E-state index >= 15 is 0 Å². The Kier molecular flexibility index (Phi) is 3.84. The summed E-state index contributed by atoms with van der Waals surface area (Å²) in [5.41, 5.74) is 2.67. The summed E-state index contributed by atoms with van der Waals surface area (Å²) in [5, 5.41) is 0. The summed E-state index contributed by atoms with van der Waals surface area (Å²) in [7, 11) is 0. The molecule has 0 amide bonds. The van der Waals surface area contributed by atoms with E-state index in [0.29, 0.717) is 5.95 Å². The third kappa shape index (κ3) is 2.88. The van der Waals surface area contributed by atoms with Crippen LogP contribution < -0.4 is 21.1 Å². The smallest absolute Gasteiger partial charge is 0.243 e. The highest BCUT2D eigenvalue weighted by Gasteiger charge is 2.34. The zero-order valence-electron chi connectivity index (χ0n) is 13.0. The molecule has 3 N–H and O–H groups in total. The van der Waals surface area contributed by atoms with Crippen LogP contribution in [0.3, 0.4) is 0 Å². The molecule has 0 radical (unpaired) electrons. The minimum Gasteiger partial charge on any atom is -0.341 e. The van der Waals surface area contributed by atoms with Crippen LogP contribution in [0.1, 0.15) is 46.0 Å². The number of nitrogens with one attached hydrogen (secondary N) is 1. The van der Waals surface area contributed by atoms with Crippen LogP contribution in [0.5, 0.6) is 0 Å². The number of anilines is 3. The second-order valence-electron chi connectivity index (χ2n) is 6.52. The second kappa shape index (κ2) is 5.63. The number of rotatable bonds is 3. The molecule has 7 heteroatoms. The van der Waals surface area contributed by atoms with Gasteiger partial charge in [0.05, 0.1) is 0 Å². The predicted octanol–water partition coefficient (Wildman–Crippen LogP) is 1.53. The van der Waals surface area contributed by atoms with Crippen LogP contribution in [-0.4, -0.2) is 40.1 Å². The summed E-state index contributed by atoms with van der Waals surface area (Å²) in [6.07, 6.45) is 6.01. The van der Waals surface area contributed by atoms with Crippen molar-refractivity contribution >= 4 is 17.8 Å². The molecule has 2 saturated heterocycles. The highest BCUT2D eigenvalue weighted by Crippen LogP contribution is 2.32. The van der Waals surface area contributed by atoms with Crippen LogP contribution in [0.25, 0.3) is 0 Å². The Morgan fingerprint density at radius 3 is 2.29 bits per heavy atom. The number of hydrogen-bond acceptors (Lipinski definition) is 7. The summed E-state index contributed by atoms with van der Waals surface area (Å²) < 4.78 is 0. The molecule has 0 spiro atoms. The largest absolute Gasteiger partial charge is 0.341 e. The Morgan fingerprint density at radius 1 is 0.952 bits per heavy atom. The van der Waals surface area contributed by atoms with Gasteiger partial charge in [-0.05, 0) is 46.0 Å². The van der Waals surface area contributed by atoms with E-state index in [1.54, 1.807) is 0 Å². The summed E-state index contributed by atoms with van der Waals surface area (Å²) in [5.74, 6) is 7.47. The SMILES string of the molecule is CC1(C)CCCN1c1nc(NN)nc(N2CCCCC2)n1. The molecule has 116 valence electrons. The minimum atomic E-state index is 0.0897. The normalized spacial score (nSPS) is 21.7. The van der Waals surface area contributed by atoms with E-state index < -0.39 is 0 Å². The zero-order valence-corrected chi connectivity index (χ0v) is 13.0. The molecule has 2 fully saturated rings. The molecular weight excluding hydrogens is 266 g/mol. The maximum absolute atomic E-state index is 5.54. The maximum Gasteiger partial charge on any atom is 0.243 e. The number of nitrogens with two attached hydrogens (primary N) is 1. The molecule has 0 atom stereocenters. The van der Waals surface area contributed by atoms with Crippen LogP contribution in [0.2, 0.25) is 0 Å². The Hall–Kier alpha value is -1.63. The van der Waals surface area contributed by atoms with Gasteiger partial charge in [-0.2, -0.15) is 15.0 Å². The van der Waals surface area contributed by atoms with Gasteiger partial charge in [0.25, 0.3) is 0 Å². The van der Waals surface area contributed by atoms with Crippen LogP contribution in [0.15, 0.2) is 0 Å². The lowest BCUT2D eigenvalue weighted by atomic mass is 10.0. The monoisotopic (exact) mass is 291 g/mol. The fourth-order valence-corrected chi connectivity index (χ4v) is 3.25. The second-order valence-corrected chi connectivity index (χ2v) is 6.52. The first-order valence-corrected chi connectivity index (χ1v) is 7.85. The van der Waals surface area contributed by atoms with Crippen molar-refractivity contribution in [1.29, 1.82) is 0 Å². The Labute approximate surface area is 125 Å². The molecule has 0 saturated carbocycles. The van der Waals surface area contributed by atoms with E-state index in [2.05, 4.69) is 39.0 Å². The molecule has 21 heavy (non-hydrogen) atoms. The van der Waals surface area contributed by atoms with Gasteiger partial charge in [0.15, 0.2) is 0 Å². The molecule has 0 aromatic carbocycles. The van der Waals surface area contributed by atoms with E-state index in [1.165, 1.54) is 25.7 Å². The first-order valence-electron chi connectivity index (χ1n) is 7.85. The van der Waals surface area contributed by atoms with Gasteiger partial charge >= 0.3 is 0 Å². The molecule has 2 aliphatic heterocycles. The van der Waals surface area contributed by atoms with E-state index in [9.17, 15) is 0 Å². The van der Waals surface area contributed by atoms with Gasteiger partial charge in [-0.25, -0.2) is 5.84 Å². The molecule has 0 unspecified atom stereocenters. The standard InChI is InChI=1S/C14H25N7/c1-14(2)7-6-10-21(14)13-17-11(19-15)16-12(18-13)20-8-4-3-5-9-20/h3-10,15H2,1-2H3,(H,16,17,18,19). The van der Waals surface area contributed by atoms with Crippen molar-refractivity contribution < 1.29 is 0 Å². The van der Waals surface area contributed by atoms with Crippen LogP contribution >= 0.6 is 0 Å². The number of aromatic nitrogens is 3. The predicted molar refractivity (Wildman–Crippen MR) is 84.4 cm³/mol. The van der Waals surface area contributed by atoms with E-state index in [4.69, 9.17) is 10.8 Å². The Morgan fingerprint density at radius 2 is 1.67 bits per heavy atom. The third-order valence-electron chi connectivity index (χ3n) is 4.52. The Balaban J connectivity index is 1.93. The number of hydrazine groups is 1. The minimum absolute atomic E-state index is 0.0897. The lowest BCUT2D eigenvalue weighted by Gasteiger charge is -2.33. The van der Waals surface area contributed by atoms with E-state index in [0.717, 1.165) is 38.0 Å². The van der Waals surface area contributed by atoms with Crippen molar-refractivity contribution in [2.45, 2.75) is 51.5 Å². The van der Waals surface area contributed by atoms with Crippen molar-refractivity contribution in [3.8, 4) is 0 Å². The molecular formula is C14H25N7. The highest BCUT2D eigenvalue weighted by molar-refractivity contribution is 5.47. The van der Waals surface area contributed by atoms with Crippen molar-refractivity contribution in [1.82, 2.24) is 15.0 Å². The quantitative estimate of drug-likeness (QED) is 0.645. The van der Waals surface area contributed by atoms with Gasteiger partial charge in [0, 0.05) is 25.2 Å². The van der Waals surface area contributed by atoms with Crippen LogP contribution in [-0.2, 0) is 0 Å². The average Bonchev–Trinajstić information content (AvgIpc) is 2.87. The topological polar surface area (TPSA) is 83.2 Å².